The van der Waals surface area contributed by atoms with Crippen molar-refractivity contribution in [2.75, 3.05) is 26.2 Å². The summed E-state index contributed by atoms with van der Waals surface area (Å²) in [4.78, 5) is 32.0. The number of rotatable bonds is 2. The van der Waals surface area contributed by atoms with Crippen LogP contribution in [0.4, 0.5) is 13.2 Å². The summed E-state index contributed by atoms with van der Waals surface area (Å²) in [5.41, 5.74) is 1.04. The van der Waals surface area contributed by atoms with Gasteiger partial charge in [-0.05, 0) is 30.3 Å². The third-order valence-electron chi connectivity index (χ3n) is 4.70. The summed E-state index contributed by atoms with van der Waals surface area (Å²) in [6.45, 7) is 0.754. The maximum Gasteiger partial charge on any atom is 0.257 e. The molecule has 0 aliphatic carbocycles. The van der Waals surface area contributed by atoms with E-state index in [-0.39, 0.29) is 32.1 Å². The topological polar surface area (TPSA) is 66.7 Å². The molecule has 6 nitrogen and oxygen atoms in total. The number of oxazole rings is 1. The number of benzene rings is 2. The average Bonchev–Trinajstić information content (AvgIpc) is 3.19. The van der Waals surface area contributed by atoms with Crippen molar-refractivity contribution in [3.8, 4) is 0 Å². The first-order chi connectivity index (χ1) is 13.5. The molecule has 1 aliphatic rings. The Balaban J connectivity index is 1.44. The van der Waals surface area contributed by atoms with E-state index >= 15 is 0 Å². The number of halogens is 3. The first kappa shape index (κ1) is 18.0. The van der Waals surface area contributed by atoms with Crippen molar-refractivity contribution in [2.24, 2.45) is 0 Å². The molecule has 3 aromatic rings. The van der Waals surface area contributed by atoms with Crippen LogP contribution in [0.15, 0.2) is 41.1 Å². The van der Waals surface area contributed by atoms with Crippen LogP contribution < -0.4 is 0 Å². The third-order valence-corrected chi connectivity index (χ3v) is 4.70. The fourth-order valence-electron chi connectivity index (χ4n) is 3.15. The normalized spacial score (nSPS) is 14.5. The highest BCUT2D eigenvalue weighted by Crippen LogP contribution is 2.19. The monoisotopic (exact) mass is 389 g/mol. The molecule has 0 atom stereocenters. The highest BCUT2D eigenvalue weighted by atomic mass is 19.2. The molecule has 28 heavy (non-hydrogen) atoms. The minimum Gasteiger partial charge on any atom is -0.443 e. The van der Waals surface area contributed by atoms with Crippen LogP contribution in [-0.4, -0.2) is 52.8 Å². The number of aromatic nitrogens is 1. The molecule has 0 saturated carbocycles. The lowest BCUT2D eigenvalue weighted by Crippen LogP contribution is -2.50. The Morgan fingerprint density at radius 1 is 0.893 bits per heavy atom. The van der Waals surface area contributed by atoms with Crippen LogP contribution in [0.25, 0.3) is 11.1 Å². The predicted molar refractivity (Wildman–Crippen MR) is 92.1 cm³/mol. The first-order valence-corrected chi connectivity index (χ1v) is 8.51. The van der Waals surface area contributed by atoms with Crippen LogP contribution in [0.5, 0.6) is 0 Å². The summed E-state index contributed by atoms with van der Waals surface area (Å²) in [6, 6.07) is 6.53. The summed E-state index contributed by atoms with van der Waals surface area (Å²) < 4.78 is 45.4. The van der Waals surface area contributed by atoms with Gasteiger partial charge in [0, 0.05) is 31.7 Å². The summed E-state index contributed by atoms with van der Waals surface area (Å²) in [7, 11) is 0. The van der Waals surface area contributed by atoms with Crippen LogP contribution in [0, 0.1) is 17.5 Å². The minimum absolute atomic E-state index is 0.148. The van der Waals surface area contributed by atoms with Crippen molar-refractivity contribution in [1.82, 2.24) is 14.8 Å². The lowest BCUT2D eigenvalue weighted by atomic mass is 10.1. The largest absolute Gasteiger partial charge is 0.443 e. The van der Waals surface area contributed by atoms with E-state index in [1.807, 2.05) is 0 Å². The minimum atomic E-state index is -1.68. The van der Waals surface area contributed by atoms with E-state index in [0.717, 1.165) is 6.07 Å². The van der Waals surface area contributed by atoms with E-state index in [2.05, 4.69) is 4.98 Å². The van der Waals surface area contributed by atoms with Gasteiger partial charge in [0.15, 0.2) is 29.4 Å². The Morgan fingerprint density at radius 2 is 1.57 bits per heavy atom. The van der Waals surface area contributed by atoms with Crippen LogP contribution in [0.2, 0.25) is 0 Å². The summed E-state index contributed by atoms with van der Waals surface area (Å²) >= 11 is 0. The lowest BCUT2D eigenvalue weighted by molar-refractivity contribution is 0.0532. The van der Waals surface area contributed by atoms with Crippen molar-refractivity contribution in [3.05, 3.63) is 65.3 Å². The van der Waals surface area contributed by atoms with E-state index in [1.165, 1.54) is 11.3 Å². The van der Waals surface area contributed by atoms with Crippen LogP contribution in [0.3, 0.4) is 0 Å². The van der Waals surface area contributed by atoms with Gasteiger partial charge in [0.25, 0.3) is 11.8 Å². The molecule has 2 aromatic carbocycles. The zero-order valence-corrected chi connectivity index (χ0v) is 14.5. The highest BCUT2D eigenvalue weighted by molar-refractivity contribution is 5.98. The molecule has 0 N–H and O–H groups in total. The maximum atomic E-state index is 13.9. The van der Waals surface area contributed by atoms with Gasteiger partial charge in [-0.15, -0.1) is 0 Å². The highest BCUT2D eigenvalue weighted by Gasteiger charge is 2.28. The standard InChI is InChI=1S/C19H14F3N3O3/c20-13-3-2-12(16(21)17(13)22)19(27)25-7-5-24(6-8-25)18(26)11-1-4-15-14(9-11)23-10-28-15/h1-4,9-10H,5-8H2. The molecule has 1 saturated heterocycles. The van der Waals surface area contributed by atoms with E-state index in [1.54, 1.807) is 23.1 Å². The van der Waals surface area contributed by atoms with E-state index in [9.17, 15) is 22.8 Å². The molecule has 0 spiro atoms. The van der Waals surface area contributed by atoms with Gasteiger partial charge in [0.1, 0.15) is 5.52 Å². The number of piperazine rings is 1. The molecule has 0 unspecified atom stereocenters. The summed E-state index contributed by atoms with van der Waals surface area (Å²) in [5, 5.41) is 0. The van der Waals surface area contributed by atoms with Crippen LogP contribution >= 0.6 is 0 Å². The predicted octanol–water partition coefficient (Wildman–Crippen LogP) is 2.84. The lowest BCUT2D eigenvalue weighted by Gasteiger charge is -2.35. The van der Waals surface area contributed by atoms with E-state index in [0.29, 0.717) is 22.7 Å². The molecular formula is C19H14F3N3O3. The first-order valence-electron chi connectivity index (χ1n) is 8.51. The Morgan fingerprint density at radius 3 is 2.29 bits per heavy atom. The molecule has 0 radical (unpaired) electrons. The molecule has 9 heteroatoms. The van der Waals surface area contributed by atoms with Crippen molar-refractivity contribution in [2.45, 2.75) is 0 Å². The molecule has 144 valence electrons. The molecule has 1 aromatic heterocycles. The Bertz CT molecular complexity index is 1070. The van der Waals surface area contributed by atoms with Crippen molar-refractivity contribution < 1.29 is 27.2 Å². The molecule has 1 aliphatic heterocycles. The number of hydrogen-bond acceptors (Lipinski definition) is 4. The second-order valence-electron chi connectivity index (χ2n) is 6.34. The van der Waals surface area contributed by atoms with Crippen molar-refractivity contribution >= 4 is 22.9 Å². The van der Waals surface area contributed by atoms with Gasteiger partial charge in [-0.25, -0.2) is 18.2 Å². The Kier molecular flexibility index (Phi) is 4.50. The zero-order chi connectivity index (χ0) is 19.8. The molecular weight excluding hydrogens is 375 g/mol. The third kappa shape index (κ3) is 3.08. The smallest absolute Gasteiger partial charge is 0.257 e. The van der Waals surface area contributed by atoms with Gasteiger partial charge in [-0.2, -0.15) is 0 Å². The summed E-state index contributed by atoms with van der Waals surface area (Å²) in [6.07, 6.45) is 1.29. The van der Waals surface area contributed by atoms with Gasteiger partial charge in [-0.3, -0.25) is 9.59 Å². The Hall–Kier alpha value is -3.36. The number of amides is 2. The number of fused-ring (bicyclic) bond motifs is 1. The Labute approximate surface area is 157 Å². The van der Waals surface area contributed by atoms with Gasteiger partial charge in [0.2, 0.25) is 0 Å². The van der Waals surface area contributed by atoms with Gasteiger partial charge < -0.3 is 14.2 Å². The van der Waals surface area contributed by atoms with E-state index < -0.39 is 28.9 Å². The van der Waals surface area contributed by atoms with Crippen molar-refractivity contribution in [1.29, 1.82) is 0 Å². The number of nitrogens with zero attached hydrogens (tertiary/aromatic N) is 3. The maximum absolute atomic E-state index is 13.9. The quantitative estimate of drug-likeness (QED) is 0.633. The zero-order valence-electron chi connectivity index (χ0n) is 14.5. The molecule has 2 heterocycles. The fraction of sp³-hybridized carbons (Fsp3) is 0.211. The molecule has 1 fully saturated rings. The number of hydrogen-bond donors (Lipinski definition) is 0. The number of carbonyl (C=O) groups excluding carboxylic acids is 2. The fourth-order valence-corrected chi connectivity index (χ4v) is 3.15. The molecule has 0 bridgehead atoms. The molecule has 2 amide bonds. The van der Waals surface area contributed by atoms with Crippen LogP contribution in [-0.2, 0) is 0 Å². The van der Waals surface area contributed by atoms with Crippen LogP contribution in [0.1, 0.15) is 20.7 Å². The van der Waals surface area contributed by atoms with Gasteiger partial charge in [0.05, 0.1) is 5.56 Å². The SMILES string of the molecule is O=C(c1ccc2ocnc2c1)N1CCN(C(=O)c2ccc(F)c(F)c2F)CC1. The number of carbonyl (C=O) groups is 2. The van der Waals surface area contributed by atoms with Gasteiger partial charge in [-0.1, -0.05) is 0 Å². The average molecular weight is 389 g/mol. The second-order valence-corrected chi connectivity index (χ2v) is 6.34. The second kappa shape index (κ2) is 6.99. The van der Waals surface area contributed by atoms with Gasteiger partial charge >= 0.3 is 0 Å². The molecule has 4 rings (SSSR count). The van der Waals surface area contributed by atoms with E-state index in [4.69, 9.17) is 4.42 Å². The van der Waals surface area contributed by atoms with Crippen molar-refractivity contribution in [3.63, 3.8) is 0 Å². The summed E-state index contributed by atoms with van der Waals surface area (Å²) in [5.74, 6) is -5.51.